The number of carbonyl (C=O) groups excluding carboxylic acids is 1. The lowest BCUT2D eigenvalue weighted by Crippen LogP contribution is -2.42. The van der Waals surface area contributed by atoms with Crippen LogP contribution < -0.4 is 0 Å². The summed E-state index contributed by atoms with van der Waals surface area (Å²) in [6.45, 7) is 4.11. The third kappa shape index (κ3) is 3.00. The minimum absolute atomic E-state index is 0.257. The average Bonchev–Trinajstić information content (AvgIpc) is 3.25. The summed E-state index contributed by atoms with van der Waals surface area (Å²) < 4.78 is 15.2. The molecule has 2 saturated heterocycles. The molecule has 24 heavy (non-hydrogen) atoms. The van der Waals surface area contributed by atoms with Crippen LogP contribution in [0.4, 0.5) is 4.39 Å². The van der Waals surface area contributed by atoms with Crippen molar-refractivity contribution >= 4 is 16.9 Å². The van der Waals surface area contributed by atoms with Gasteiger partial charge in [0.05, 0.1) is 18.1 Å². The molecule has 128 valence electrons. The van der Waals surface area contributed by atoms with Crippen LogP contribution in [0.1, 0.15) is 31.7 Å². The van der Waals surface area contributed by atoms with E-state index in [4.69, 9.17) is 0 Å². The fraction of sp³-hybridized carbons (Fsp3) is 0.588. The van der Waals surface area contributed by atoms with Crippen LogP contribution in [0.15, 0.2) is 18.2 Å². The highest BCUT2D eigenvalue weighted by Crippen LogP contribution is 2.25. The largest absolute Gasteiger partial charge is 0.342 e. The van der Waals surface area contributed by atoms with Gasteiger partial charge in [0.1, 0.15) is 11.3 Å². The number of nitrogens with zero attached hydrogens (tertiary/aromatic N) is 5. The van der Waals surface area contributed by atoms with Gasteiger partial charge in [-0.25, -0.2) is 9.07 Å². The lowest BCUT2D eigenvalue weighted by molar-refractivity contribution is -0.131. The zero-order valence-electron chi connectivity index (χ0n) is 13.7. The first-order valence-corrected chi connectivity index (χ1v) is 8.71. The summed E-state index contributed by atoms with van der Waals surface area (Å²) in [7, 11) is 0. The minimum Gasteiger partial charge on any atom is -0.342 e. The standard InChI is InChI=1S/C17H22FN5O/c18-13-3-4-16-15(11-13)19-20-23(16)14-5-9-21(10-6-14)12-17(24)22-7-1-2-8-22/h3-4,11,14H,1-2,5-10,12H2. The molecule has 1 aromatic carbocycles. The Morgan fingerprint density at radius 2 is 1.92 bits per heavy atom. The summed E-state index contributed by atoms with van der Waals surface area (Å²) >= 11 is 0. The fourth-order valence-electron chi connectivity index (χ4n) is 3.76. The van der Waals surface area contributed by atoms with Gasteiger partial charge in [-0.15, -0.1) is 5.10 Å². The number of amides is 1. The van der Waals surface area contributed by atoms with Gasteiger partial charge in [0, 0.05) is 32.2 Å². The predicted octanol–water partition coefficient (Wildman–Crippen LogP) is 1.83. The minimum atomic E-state index is -0.287. The Labute approximate surface area is 140 Å². The third-order valence-electron chi connectivity index (χ3n) is 5.15. The van der Waals surface area contributed by atoms with E-state index in [0.29, 0.717) is 12.1 Å². The average molecular weight is 331 g/mol. The molecule has 6 nitrogen and oxygen atoms in total. The van der Waals surface area contributed by atoms with E-state index in [2.05, 4.69) is 15.2 Å². The van der Waals surface area contributed by atoms with Crippen molar-refractivity contribution in [2.45, 2.75) is 31.7 Å². The molecule has 2 fully saturated rings. The van der Waals surface area contributed by atoms with Gasteiger partial charge >= 0.3 is 0 Å². The molecule has 3 heterocycles. The Morgan fingerprint density at radius 3 is 2.67 bits per heavy atom. The molecule has 0 N–H and O–H groups in total. The number of piperidine rings is 1. The van der Waals surface area contributed by atoms with Crippen LogP contribution in [0.3, 0.4) is 0 Å². The molecule has 2 aliphatic heterocycles. The normalized spacial score (nSPS) is 20.1. The van der Waals surface area contributed by atoms with Crippen molar-refractivity contribution in [3.63, 3.8) is 0 Å². The van der Waals surface area contributed by atoms with Crippen molar-refractivity contribution in [3.8, 4) is 0 Å². The Kier molecular flexibility index (Phi) is 4.18. The van der Waals surface area contributed by atoms with E-state index in [1.54, 1.807) is 6.07 Å². The molecule has 2 aromatic rings. The fourth-order valence-corrected chi connectivity index (χ4v) is 3.76. The SMILES string of the molecule is O=C(CN1CCC(n2nnc3cc(F)ccc32)CC1)N1CCCC1. The number of carbonyl (C=O) groups is 1. The van der Waals surface area contributed by atoms with Crippen LogP contribution in [-0.4, -0.2) is 63.4 Å². The van der Waals surface area contributed by atoms with Crippen LogP contribution in [0.2, 0.25) is 0 Å². The Balaban J connectivity index is 1.37. The van der Waals surface area contributed by atoms with Gasteiger partial charge in [-0.2, -0.15) is 0 Å². The molecule has 2 aliphatic rings. The Bertz CT molecular complexity index is 732. The van der Waals surface area contributed by atoms with E-state index in [9.17, 15) is 9.18 Å². The summed E-state index contributed by atoms with van der Waals surface area (Å²) in [5.41, 5.74) is 1.48. The first kappa shape index (κ1) is 15.5. The molecule has 0 radical (unpaired) electrons. The van der Waals surface area contributed by atoms with E-state index in [1.165, 1.54) is 12.1 Å². The van der Waals surface area contributed by atoms with Crippen molar-refractivity contribution < 1.29 is 9.18 Å². The molecule has 4 rings (SSSR count). The number of fused-ring (bicyclic) bond motifs is 1. The van der Waals surface area contributed by atoms with Gasteiger partial charge in [-0.3, -0.25) is 9.69 Å². The second kappa shape index (κ2) is 6.47. The topological polar surface area (TPSA) is 54.3 Å². The number of aromatic nitrogens is 3. The molecule has 0 aliphatic carbocycles. The van der Waals surface area contributed by atoms with Gasteiger partial charge in [-0.05, 0) is 37.8 Å². The van der Waals surface area contributed by atoms with Crippen LogP contribution in [-0.2, 0) is 4.79 Å². The number of hydrogen-bond acceptors (Lipinski definition) is 4. The maximum Gasteiger partial charge on any atom is 0.236 e. The lowest BCUT2D eigenvalue weighted by atomic mass is 10.0. The van der Waals surface area contributed by atoms with E-state index in [1.807, 2.05) is 9.58 Å². The molecule has 1 aromatic heterocycles. The van der Waals surface area contributed by atoms with Crippen LogP contribution >= 0.6 is 0 Å². The summed E-state index contributed by atoms with van der Waals surface area (Å²) in [6, 6.07) is 4.88. The van der Waals surface area contributed by atoms with Gasteiger partial charge < -0.3 is 4.90 Å². The van der Waals surface area contributed by atoms with Crippen LogP contribution in [0.5, 0.6) is 0 Å². The summed E-state index contributed by atoms with van der Waals surface area (Å²) in [6.07, 6.45) is 4.13. The quantitative estimate of drug-likeness (QED) is 0.861. The van der Waals surface area contributed by atoms with Gasteiger partial charge in [0.25, 0.3) is 0 Å². The van der Waals surface area contributed by atoms with Gasteiger partial charge in [0.2, 0.25) is 5.91 Å². The van der Waals surface area contributed by atoms with Crippen molar-refractivity contribution in [3.05, 3.63) is 24.0 Å². The Morgan fingerprint density at radius 1 is 1.17 bits per heavy atom. The summed E-state index contributed by atoms with van der Waals surface area (Å²) in [4.78, 5) is 16.5. The van der Waals surface area contributed by atoms with E-state index in [-0.39, 0.29) is 17.8 Å². The van der Waals surface area contributed by atoms with Crippen molar-refractivity contribution in [2.75, 3.05) is 32.7 Å². The van der Waals surface area contributed by atoms with E-state index in [0.717, 1.165) is 57.4 Å². The second-order valence-electron chi connectivity index (χ2n) is 6.76. The van der Waals surface area contributed by atoms with Crippen LogP contribution in [0.25, 0.3) is 11.0 Å². The smallest absolute Gasteiger partial charge is 0.236 e. The molecule has 0 unspecified atom stereocenters. The number of hydrogen-bond donors (Lipinski definition) is 0. The molecule has 0 saturated carbocycles. The number of benzene rings is 1. The zero-order chi connectivity index (χ0) is 16.5. The van der Waals surface area contributed by atoms with Gasteiger partial charge in [0.15, 0.2) is 0 Å². The first-order chi connectivity index (χ1) is 11.7. The van der Waals surface area contributed by atoms with Crippen molar-refractivity contribution in [1.82, 2.24) is 24.8 Å². The van der Waals surface area contributed by atoms with E-state index >= 15 is 0 Å². The molecule has 0 atom stereocenters. The monoisotopic (exact) mass is 331 g/mol. The maximum absolute atomic E-state index is 13.3. The lowest BCUT2D eigenvalue weighted by Gasteiger charge is -2.32. The van der Waals surface area contributed by atoms with E-state index < -0.39 is 0 Å². The van der Waals surface area contributed by atoms with Gasteiger partial charge in [-0.1, -0.05) is 5.21 Å². The highest BCUT2D eigenvalue weighted by Gasteiger charge is 2.26. The van der Waals surface area contributed by atoms with Crippen LogP contribution in [0, 0.1) is 5.82 Å². The number of halogens is 1. The summed E-state index contributed by atoms with van der Waals surface area (Å²) in [5.74, 6) is -0.0302. The zero-order valence-corrected chi connectivity index (χ0v) is 13.7. The molecule has 7 heteroatoms. The first-order valence-electron chi connectivity index (χ1n) is 8.71. The highest BCUT2D eigenvalue weighted by molar-refractivity contribution is 5.78. The number of rotatable bonds is 3. The predicted molar refractivity (Wildman–Crippen MR) is 88.0 cm³/mol. The summed E-state index contributed by atoms with van der Waals surface area (Å²) in [5, 5.41) is 8.29. The molecular weight excluding hydrogens is 309 g/mol. The van der Waals surface area contributed by atoms with Crippen molar-refractivity contribution in [1.29, 1.82) is 0 Å². The van der Waals surface area contributed by atoms with Crippen molar-refractivity contribution in [2.24, 2.45) is 0 Å². The number of likely N-dealkylation sites (tertiary alicyclic amines) is 2. The highest BCUT2D eigenvalue weighted by atomic mass is 19.1. The molecular formula is C17H22FN5O. The molecule has 0 spiro atoms. The Hall–Kier alpha value is -2.02. The molecule has 0 bridgehead atoms. The maximum atomic E-state index is 13.3. The third-order valence-corrected chi connectivity index (χ3v) is 5.15. The second-order valence-corrected chi connectivity index (χ2v) is 6.76. The molecule has 1 amide bonds.